The van der Waals surface area contributed by atoms with E-state index in [1.807, 2.05) is 30.3 Å². The number of halogens is 1. The normalized spacial score (nSPS) is 12.6. The fraction of sp³-hybridized carbons (Fsp3) is 0.231. The molecule has 0 bridgehead atoms. The van der Waals surface area contributed by atoms with E-state index in [1.165, 1.54) is 5.56 Å². The summed E-state index contributed by atoms with van der Waals surface area (Å²) in [6.45, 7) is 1.35. The molecule has 0 spiro atoms. The highest BCUT2D eigenvalue weighted by molar-refractivity contribution is 9.11. The van der Waals surface area contributed by atoms with Gasteiger partial charge in [0.05, 0.1) is 9.89 Å². The van der Waals surface area contributed by atoms with Crippen molar-refractivity contribution < 1.29 is 5.11 Å². The van der Waals surface area contributed by atoms with E-state index in [0.29, 0.717) is 6.54 Å². The zero-order valence-electron chi connectivity index (χ0n) is 9.27. The molecule has 1 unspecified atom stereocenters. The van der Waals surface area contributed by atoms with Gasteiger partial charge < -0.3 is 10.4 Å². The number of benzene rings is 1. The van der Waals surface area contributed by atoms with Crippen molar-refractivity contribution in [2.75, 3.05) is 6.54 Å². The molecule has 0 aliphatic carbocycles. The summed E-state index contributed by atoms with van der Waals surface area (Å²) in [4.78, 5) is 0. The molecule has 2 rings (SSSR count). The van der Waals surface area contributed by atoms with Crippen LogP contribution in [-0.2, 0) is 6.54 Å². The van der Waals surface area contributed by atoms with Gasteiger partial charge in [0.15, 0.2) is 0 Å². The number of thiophene rings is 1. The molecule has 0 fully saturated rings. The Morgan fingerprint density at radius 1 is 1.29 bits per heavy atom. The first-order valence-corrected chi connectivity index (χ1v) is 7.09. The molecule has 17 heavy (non-hydrogen) atoms. The van der Waals surface area contributed by atoms with E-state index in [2.05, 4.69) is 32.7 Å². The van der Waals surface area contributed by atoms with E-state index < -0.39 is 6.10 Å². The zero-order valence-corrected chi connectivity index (χ0v) is 11.7. The topological polar surface area (TPSA) is 32.3 Å². The Labute approximate surface area is 113 Å². The molecule has 0 amide bonds. The van der Waals surface area contributed by atoms with Gasteiger partial charge in [-0.2, -0.15) is 0 Å². The van der Waals surface area contributed by atoms with Gasteiger partial charge in [0.25, 0.3) is 0 Å². The van der Waals surface area contributed by atoms with Crippen molar-refractivity contribution in [1.29, 1.82) is 0 Å². The molecular weight excluding hydrogens is 298 g/mol. The molecule has 2 aromatic rings. The van der Waals surface area contributed by atoms with Crippen LogP contribution in [0.25, 0.3) is 0 Å². The lowest BCUT2D eigenvalue weighted by molar-refractivity contribution is 0.174. The first-order valence-electron chi connectivity index (χ1n) is 5.42. The third kappa shape index (κ3) is 3.92. The van der Waals surface area contributed by atoms with Crippen LogP contribution in [0.2, 0.25) is 0 Å². The third-order valence-corrected chi connectivity index (χ3v) is 4.03. The molecule has 1 aromatic carbocycles. The van der Waals surface area contributed by atoms with Crippen LogP contribution in [0.4, 0.5) is 0 Å². The summed E-state index contributed by atoms with van der Waals surface area (Å²) in [6.07, 6.45) is -0.446. The van der Waals surface area contributed by atoms with E-state index in [0.717, 1.165) is 15.9 Å². The summed E-state index contributed by atoms with van der Waals surface area (Å²) < 4.78 is 1.14. The summed E-state index contributed by atoms with van der Waals surface area (Å²) in [6, 6.07) is 11.8. The van der Waals surface area contributed by atoms with Crippen LogP contribution in [-0.4, -0.2) is 11.7 Å². The number of aliphatic hydroxyl groups is 1. The SMILES string of the molecule is OC(CNCc1csc(Br)c1)c1ccccc1. The molecular formula is C13H14BrNOS. The molecule has 0 aliphatic heterocycles. The summed E-state index contributed by atoms with van der Waals surface area (Å²) >= 11 is 5.10. The fourth-order valence-corrected chi connectivity index (χ4v) is 2.79. The van der Waals surface area contributed by atoms with Gasteiger partial charge >= 0.3 is 0 Å². The molecule has 1 atom stereocenters. The number of rotatable bonds is 5. The lowest BCUT2D eigenvalue weighted by atomic mass is 10.1. The average Bonchev–Trinajstić information content (AvgIpc) is 2.76. The van der Waals surface area contributed by atoms with Crippen molar-refractivity contribution in [3.63, 3.8) is 0 Å². The predicted molar refractivity (Wildman–Crippen MR) is 75.1 cm³/mol. The highest BCUT2D eigenvalue weighted by Gasteiger charge is 2.06. The van der Waals surface area contributed by atoms with E-state index in [-0.39, 0.29) is 0 Å². The molecule has 2 nitrogen and oxygen atoms in total. The van der Waals surface area contributed by atoms with Gasteiger partial charge in [-0.1, -0.05) is 30.3 Å². The van der Waals surface area contributed by atoms with Crippen LogP contribution >= 0.6 is 27.3 Å². The first kappa shape index (κ1) is 12.8. The third-order valence-electron chi connectivity index (χ3n) is 2.47. The van der Waals surface area contributed by atoms with Crippen LogP contribution in [0.5, 0.6) is 0 Å². The smallest absolute Gasteiger partial charge is 0.0914 e. The molecule has 0 saturated heterocycles. The Bertz CT molecular complexity index is 457. The monoisotopic (exact) mass is 311 g/mol. The Kier molecular flexibility index (Phi) is 4.74. The standard InChI is InChI=1S/C13H14BrNOS/c14-13-6-10(9-17-13)7-15-8-12(16)11-4-2-1-3-5-11/h1-6,9,12,15-16H,7-8H2. The molecule has 90 valence electrons. The van der Waals surface area contributed by atoms with Gasteiger partial charge in [-0.15, -0.1) is 11.3 Å². The van der Waals surface area contributed by atoms with Gasteiger partial charge in [0.1, 0.15) is 0 Å². The molecule has 1 aromatic heterocycles. The van der Waals surface area contributed by atoms with Gasteiger partial charge in [-0.3, -0.25) is 0 Å². The van der Waals surface area contributed by atoms with Crippen LogP contribution in [0, 0.1) is 0 Å². The number of aliphatic hydroxyl groups excluding tert-OH is 1. The minimum atomic E-state index is -0.446. The second-order valence-electron chi connectivity index (χ2n) is 3.82. The van der Waals surface area contributed by atoms with Crippen molar-refractivity contribution in [3.8, 4) is 0 Å². The van der Waals surface area contributed by atoms with E-state index in [4.69, 9.17) is 0 Å². The van der Waals surface area contributed by atoms with Gasteiger partial charge in [-0.25, -0.2) is 0 Å². The summed E-state index contributed by atoms with van der Waals surface area (Å²) in [5.74, 6) is 0. The van der Waals surface area contributed by atoms with Crippen LogP contribution < -0.4 is 5.32 Å². The molecule has 0 saturated carbocycles. The van der Waals surface area contributed by atoms with Crippen molar-refractivity contribution in [1.82, 2.24) is 5.32 Å². The van der Waals surface area contributed by atoms with E-state index >= 15 is 0 Å². The number of hydrogen-bond donors (Lipinski definition) is 2. The maximum absolute atomic E-state index is 9.93. The van der Waals surface area contributed by atoms with Crippen LogP contribution in [0.3, 0.4) is 0 Å². The summed E-state index contributed by atoms with van der Waals surface area (Å²) in [5, 5.41) is 15.3. The van der Waals surface area contributed by atoms with Crippen molar-refractivity contribution in [3.05, 3.63) is 56.7 Å². The molecule has 0 radical (unpaired) electrons. The maximum atomic E-state index is 9.93. The van der Waals surface area contributed by atoms with Gasteiger partial charge in [0.2, 0.25) is 0 Å². The second-order valence-corrected chi connectivity index (χ2v) is 6.11. The number of hydrogen-bond acceptors (Lipinski definition) is 3. The van der Waals surface area contributed by atoms with E-state index in [1.54, 1.807) is 11.3 Å². The Morgan fingerprint density at radius 2 is 2.06 bits per heavy atom. The first-order chi connectivity index (χ1) is 8.25. The Balaban J connectivity index is 1.79. The summed E-state index contributed by atoms with van der Waals surface area (Å²) in [7, 11) is 0. The quantitative estimate of drug-likeness (QED) is 0.887. The maximum Gasteiger partial charge on any atom is 0.0914 e. The summed E-state index contributed by atoms with van der Waals surface area (Å²) in [5.41, 5.74) is 2.19. The highest BCUT2D eigenvalue weighted by atomic mass is 79.9. The van der Waals surface area contributed by atoms with Gasteiger partial charge in [0, 0.05) is 13.1 Å². The molecule has 4 heteroatoms. The lowest BCUT2D eigenvalue weighted by Gasteiger charge is -2.11. The van der Waals surface area contributed by atoms with Crippen molar-refractivity contribution in [2.45, 2.75) is 12.6 Å². The Hall–Kier alpha value is -0.680. The predicted octanol–water partition coefficient (Wildman–Crippen LogP) is 3.33. The lowest BCUT2D eigenvalue weighted by Crippen LogP contribution is -2.20. The molecule has 0 aliphatic rings. The minimum absolute atomic E-state index is 0.446. The van der Waals surface area contributed by atoms with E-state index in [9.17, 15) is 5.11 Å². The second kappa shape index (κ2) is 6.31. The van der Waals surface area contributed by atoms with Crippen molar-refractivity contribution >= 4 is 27.3 Å². The fourth-order valence-electron chi connectivity index (χ4n) is 1.58. The molecule has 2 N–H and O–H groups in total. The van der Waals surface area contributed by atoms with Crippen LogP contribution in [0.1, 0.15) is 17.2 Å². The Morgan fingerprint density at radius 3 is 2.71 bits per heavy atom. The van der Waals surface area contributed by atoms with Crippen LogP contribution in [0.15, 0.2) is 45.6 Å². The average molecular weight is 312 g/mol. The largest absolute Gasteiger partial charge is 0.387 e. The molecule has 1 heterocycles. The zero-order chi connectivity index (χ0) is 12.1. The number of nitrogens with one attached hydrogen (secondary N) is 1. The highest BCUT2D eigenvalue weighted by Crippen LogP contribution is 2.20. The van der Waals surface area contributed by atoms with Gasteiger partial charge in [-0.05, 0) is 38.5 Å². The minimum Gasteiger partial charge on any atom is -0.387 e. The van der Waals surface area contributed by atoms with Crippen molar-refractivity contribution in [2.24, 2.45) is 0 Å².